The molecule has 1 N–H and O–H groups in total. The van der Waals surface area contributed by atoms with Gasteiger partial charge in [0, 0.05) is 0 Å². The van der Waals surface area contributed by atoms with Crippen molar-refractivity contribution in [3.8, 4) is 0 Å². The number of aliphatic hydroxyl groups excluding tert-OH is 1. The Morgan fingerprint density at radius 3 is 2.08 bits per heavy atom. The van der Waals surface area contributed by atoms with Gasteiger partial charge >= 0.3 is 5.97 Å². The van der Waals surface area contributed by atoms with Crippen LogP contribution in [-0.2, 0) is 25.7 Å². The first kappa shape index (κ1) is 19.8. The third-order valence-electron chi connectivity index (χ3n) is 4.27. The first-order valence-corrected chi connectivity index (χ1v) is 8.39. The molecule has 2 rings (SSSR count). The van der Waals surface area contributed by atoms with E-state index in [-0.39, 0.29) is 6.61 Å². The van der Waals surface area contributed by atoms with E-state index in [1.807, 2.05) is 36.4 Å². The molecule has 5 nitrogen and oxygen atoms in total. The maximum absolute atomic E-state index is 13.0. The summed E-state index contributed by atoms with van der Waals surface area (Å²) in [6.07, 6.45) is -2.40. The molecule has 2 aromatic carbocycles. The molecule has 2 aromatic rings. The van der Waals surface area contributed by atoms with Gasteiger partial charge < -0.3 is 14.6 Å². The number of esters is 1. The first-order chi connectivity index (χ1) is 12.4. The first-order valence-electron chi connectivity index (χ1n) is 8.39. The van der Waals surface area contributed by atoms with Crippen LogP contribution in [-0.4, -0.2) is 30.1 Å². The summed E-state index contributed by atoms with van der Waals surface area (Å²) in [6, 6.07) is 18.1. The largest absolute Gasteiger partial charge is 0.468 e. The Labute approximate surface area is 153 Å². The van der Waals surface area contributed by atoms with Crippen molar-refractivity contribution in [2.24, 2.45) is 5.41 Å². The van der Waals surface area contributed by atoms with Crippen LogP contribution in [0.1, 0.15) is 31.1 Å². The van der Waals surface area contributed by atoms with E-state index >= 15 is 0 Å². The van der Waals surface area contributed by atoms with Gasteiger partial charge in [-0.1, -0.05) is 60.7 Å². The molecule has 26 heavy (non-hydrogen) atoms. The number of ketones is 1. The van der Waals surface area contributed by atoms with Crippen LogP contribution >= 0.6 is 0 Å². The Morgan fingerprint density at radius 1 is 1.00 bits per heavy atom. The summed E-state index contributed by atoms with van der Waals surface area (Å²) in [6.45, 7) is 3.08. The van der Waals surface area contributed by atoms with Crippen LogP contribution in [0, 0.1) is 5.41 Å². The lowest BCUT2D eigenvalue weighted by molar-refractivity contribution is -0.164. The molecule has 0 bridgehead atoms. The highest BCUT2D eigenvalue weighted by atomic mass is 16.5. The summed E-state index contributed by atoms with van der Waals surface area (Å²) in [5, 5.41) is 10.7. The number of carbonyl (C=O) groups is 2. The lowest BCUT2D eigenvalue weighted by Gasteiger charge is -2.29. The fourth-order valence-corrected chi connectivity index (χ4v) is 2.61. The number of hydrogen-bond donors (Lipinski definition) is 1. The molecule has 138 valence electrons. The van der Waals surface area contributed by atoms with Crippen molar-refractivity contribution in [3.63, 3.8) is 0 Å². The van der Waals surface area contributed by atoms with E-state index in [2.05, 4.69) is 0 Å². The van der Waals surface area contributed by atoms with Gasteiger partial charge in [0.05, 0.1) is 13.7 Å². The molecule has 0 amide bonds. The summed E-state index contributed by atoms with van der Waals surface area (Å²) in [7, 11) is 1.23. The van der Waals surface area contributed by atoms with Gasteiger partial charge in [-0.15, -0.1) is 0 Å². The van der Waals surface area contributed by atoms with E-state index in [9.17, 15) is 14.7 Å². The van der Waals surface area contributed by atoms with E-state index < -0.39 is 29.4 Å². The van der Waals surface area contributed by atoms with Gasteiger partial charge in [0.2, 0.25) is 0 Å². The van der Waals surface area contributed by atoms with Gasteiger partial charge in [-0.25, -0.2) is 0 Å². The van der Waals surface area contributed by atoms with Crippen molar-refractivity contribution >= 4 is 11.8 Å². The lowest BCUT2D eigenvalue weighted by Crippen LogP contribution is -2.45. The molecule has 2 unspecified atom stereocenters. The quantitative estimate of drug-likeness (QED) is 0.581. The van der Waals surface area contributed by atoms with E-state index in [0.29, 0.717) is 5.56 Å². The standard InChI is InChI=1S/C21H24O5/c1-21(2,20(24)25-3)19(23)18(17(22)16-12-8-5-9-13-16)26-14-15-10-6-4-7-11-15/h4-13,17-18,22H,14H2,1-3H3. The molecule has 0 aromatic heterocycles. The monoisotopic (exact) mass is 356 g/mol. The Balaban J connectivity index is 2.28. The fourth-order valence-electron chi connectivity index (χ4n) is 2.61. The minimum absolute atomic E-state index is 0.137. The van der Waals surface area contributed by atoms with E-state index in [0.717, 1.165) is 5.56 Å². The molecule has 0 saturated heterocycles. The van der Waals surface area contributed by atoms with Crippen LogP contribution in [0.2, 0.25) is 0 Å². The summed E-state index contributed by atoms with van der Waals surface area (Å²) < 4.78 is 10.5. The Hall–Kier alpha value is -2.50. The van der Waals surface area contributed by atoms with E-state index in [1.165, 1.54) is 21.0 Å². The highest BCUT2D eigenvalue weighted by Gasteiger charge is 2.44. The SMILES string of the molecule is COC(=O)C(C)(C)C(=O)C(OCc1ccccc1)C(O)c1ccccc1. The predicted molar refractivity (Wildman–Crippen MR) is 97.2 cm³/mol. The van der Waals surface area contributed by atoms with Crippen LogP contribution < -0.4 is 0 Å². The molecule has 2 atom stereocenters. The minimum atomic E-state index is -1.44. The van der Waals surface area contributed by atoms with Gasteiger partial charge in [-0.05, 0) is 25.0 Å². The molecule has 0 aliphatic carbocycles. The highest BCUT2D eigenvalue weighted by Crippen LogP contribution is 2.29. The summed E-state index contributed by atoms with van der Waals surface area (Å²) in [4.78, 5) is 25.0. The van der Waals surface area contributed by atoms with Gasteiger partial charge in [-0.3, -0.25) is 9.59 Å². The maximum atomic E-state index is 13.0. The Bertz CT molecular complexity index is 725. The van der Waals surface area contributed by atoms with Gasteiger partial charge in [0.25, 0.3) is 0 Å². The van der Waals surface area contributed by atoms with Crippen LogP contribution in [0.15, 0.2) is 60.7 Å². The second-order valence-corrected chi connectivity index (χ2v) is 6.55. The highest BCUT2D eigenvalue weighted by molar-refractivity contribution is 6.05. The molecule has 0 spiro atoms. The minimum Gasteiger partial charge on any atom is -0.468 e. The fraction of sp³-hybridized carbons (Fsp3) is 0.333. The molecule has 0 aliphatic heterocycles. The lowest BCUT2D eigenvalue weighted by atomic mass is 9.82. The van der Waals surface area contributed by atoms with Crippen molar-refractivity contribution < 1.29 is 24.2 Å². The van der Waals surface area contributed by atoms with Gasteiger partial charge in [0.1, 0.15) is 17.6 Å². The third-order valence-corrected chi connectivity index (χ3v) is 4.27. The second kappa shape index (κ2) is 8.74. The van der Waals surface area contributed by atoms with Crippen LogP contribution in [0.5, 0.6) is 0 Å². The zero-order chi connectivity index (χ0) is 19.2. The van der Waals surface area contributed by atoms with E-state index in [4.69, 9.17) is 9.47 Å². The number of benzene rings is 2. The number of rotatable bonds is 8. The molecular weight excluding hydrogens is 332 g/mol. The van der Waals surface area contributed by atoms with Crippen LogP contribution in [0.25, 0.3) is 0 Å². The number of ether oxygens (including phenoxy) is 2. The van der Waals surface area contributed by atoms with Crippen molar-refractivity contribution in [2.75, 3.05) is 7.11 Å². The number of Topliss-reactive ketones (excluding diaryl/α,β-unsaturated/α-hetero) is 1. The zero-order valence-corrected chi connectivity index (χ0v) is 15.2. The molecule has 0 radical (unpaired) electrons. The molecule has 5 heteroatoms. The van der Waals surface area contributed by atoms with Crippen molar-refractivity contribution in [1.29, 1.82) is 0 Å². The summed E-state index contributed by atoms with van der Waals surface area (Å²) in [5.41, 5.74) is -0.0349. The summed E-state index contributed by atoms with van der Waals surface area (Å²) >= 11 is 0. The van der Waals surface area contributed by atoms with Crippen molar-refractivity contribution in [2.45, 2.75) is 32.7 Å². The van der Waals surface area contributed by atoms with Gasteiger partial charge in [0.15, 0.2) is 5.78 Å². The molecule has 0 fully saturated rings. The summed E-state index contributed by atoms with van der Waals surface area (Å²) in [5.74, 6) is -1.20. The topological polar surface area (TPSA) is 72.8 Å². The molecular formula is C21H24O5. The molecule has 0 heterocycles. The average molecular weight is 356 g/mol. The van der Waals surface area contributed by atoms with Crippen molar-refractivity contribution in [1.82, 2.24) is 0 Å². The number of aliphatic hydroxyl groups is 1. The van der Waals surface area contributed by atoms with E-state index in [1.54, 1.807) is 24.3 Å². The normalized spacial score (nSPS) is 13.7. The number of hydrogen-bond acceptors (Lipinski definition) is 5. The Morgan fingerprint density at radius 2 is 1.54 bits per heavy atom. The van der Waals surface area contributed by atoms with Gasteiger partial charge in [-0.2, -0.15) is 0 Å². The average Bonchev–Trinajstić information content (AvgIpc) is 2.68. The van der Waals surface area contributed by atoms with Crippen LogP contribution in [0.4, 0.5) is 0 Å². The van der Waals surface area contributed by atoms with Crippen molar-refractivity contribution in [3.05, 3.63) is 71.8 Å². The smallest absolute Gasteiger partial charge is 0.318 e. The number of carbonyl (C=O) groups excluding carboxylic acids is 2. The molecule has 0 saturated carbocycles. The zero-order valence-electron chi connectivity index (χ0n) is 15.2. The Kier molecular flexibility index (Phi) is 6.66. The second-order valence-electron chi connectivity index (χ2n) is 6.55. The third kappa shape index (κ3) is 4.56. The van der Waals surface area contributed by atoms with Crippen LogP contribution in [0.3, 0.4) is 0 Å². The predicted octanol–water partition coefficient (Wildman–Crippen LogP) is 3.07. The number of methoxy groups -OCH3 is 1. The maximum Gasteiger partial charge on any atom is 0.318 e. The molecule has 0 aliphatic rings.